The Hall–Kier alpha value is -4.08. The molecule has 3 aromatic rings. The third kappa shape index (κ3) is 4.39. The van der Waals surface area contributed by atoms with Gasteiger partial charge in [0.1, 0.15) is 5.75 Å². The van der Waals surface area contributed by atoms with Gasteiger partial charge >= 0.3 is 0 Å². The Labute approximate surface area is 201 Å². The monoisotopic (exact) mass is 479 g/mol. The molecule has 9 nitrogen and oxygen atoms in total. The fourth-order valence-corrected chi connectivity index (χ4v) is 4.58. The second kappa shape index (κ2) is 9.65. The van der Waals surface area contributed by atoms with Gasteiger partial charge < -0.3 is 30.4 Å². The van der Waals surface area contributed by atoms with E-state index >= 15 is 0 Å². The van der Waals surface area contributed by atoms with Crippen LogP contribution in [0.25, 0.3) is 11.3 Å². The predicted molar refractivity (Wildman–Crippen MR) is 128 cm³/mol. The Kier molecular flexibility index (Phi) is 6.26. The first kappa shape index (κ1) is 22.7. The fourth-order valence-electron chi connectivity index (χ4n) is 4.58. The van der Waals surface area contributed by atoms with Crippen LogP contribution in [-0.4, -0.2) is 48.6 Å². The van der Waals surface area contributed by atoms with Crippen LogP contribution in [0.3, 0.4) is 0 Å². The average Bonchev–Trinajstić information content (AvgIpc) is 3.23. The molecule has 2 bridgehead atoms. The molecule has 0 saturated carbocycles. The Morgan fingerprint density at radius 3 is 2.97 bits per heavy atom. The lowest BCUT2D eigenvalue weighted by Gasteiger charge is -2.24. The molecule has 2 aliphatic heterocycles. The fraction of sp³-hybridized carbons (Fsp3) is 0.320. The van der Waals surface area contributed by atoms with Gasteiger partial charge in [-0.05, 0) is 31.0 Å². The largest absolute Gasteiger partial charge is 0.492 e. The highest BCUT2D eigenvalue weighted by molar-refractivity contribution is 6.07. The molecule has 0 radical (unpaired) electrons. The number of hydrogen-bond donors (Lipinski definition) is 4. The Morgan fingerprint density at radius 2 is 2.11 bits per heavy atom. The molecule has 0 spiro atoms. The maximum absolute atomic E-state index is 14.4. The smallest absolute Gasteiger partial charge is 0.255 e. The number of anilines is 2. The lowest BCUT2D eigenvalue weighted by Crippen LogP contribution is -2.36. The summed E-state index contributed by atoms with van der Waals surface area (Å²) in [5, 5.41) is 9.14. The number of pyridine rings is 1. The van der Waals surface area contributed by atoms with Crippen molar-refractivity contribution in [1.82, 2.24) is 20.6 Å². The van der Waals surface area contributed by atoms with E-state index in [1.54, 1.807) is 30.6 Å². The van der Waals surface area contributed by atoms with Gasteiger partial charge in [-0.15, -0.1) is 0 Å². The molecule has 182 valence electrons. The number of H-pyrrole nitrogens is 1. The number of ether oxygens (including phenoxy) is 2. The van der Waals surface area contributed by atoms with E-state index in [4.69, 9.17) is 9.47 Å². The third-order valence-electron chi connectivity index (χ3n) is 6.28. The number of carbonyl (C=O) groups is 2. The zero-order valence-corrected chi connectivity index (χ0v) is 19.2. The van der Waals surface area contributed by atoms with Gasteiger partial charge in [0.15, 0.2) is 11.6 Å². The number of amides is 2. The summed E-state index contributed by atoms with van der Waals surface area (Å²) in [6, 6.07) is 6.36. The average molecular weight is 480 g/mol. The van der Waals surface area contributed by atoms with Gasteiger partial charge in [0.25, 0.3) is 5.91 Å². The molecule has 1 aromatic carbocycles. The number of benzene rings is 1. The van der Waals surface area contributed by atoms with E-state index in [0.29, 0.717) is 72.9 Å². The molecule has 4 N–H and O–H groups in total. The molecular formula is C25H26FN5O4. The standard InChI is InChI=1S/C25H26FN5O4/c1-34-24-16(26)4-2-5-17(24)30-23-20-21-14(12-29-25(20)33)7-10-28-19(32)6-3-11-35-18-13-27-9-8-15(18)22(23)31-21/h2,4-5,8-9,13-14,30-31H,3,6-7,10-12H2,1H3,(H,28,32)(H,29,33). The van der Waals surface area contributed by atoms with Crippen molar-refractivity contribution in [3.63, 3.8) is 0 Å². The normalized spacial score (nSPS) is 17.8. The number of halogens is 1. The van der Waals surface area contributed by atoms with Crippen LogP contribution in [0.1, 0.15) is 41.2 Å². The minimum atomic E-state index is -0.521. The first-order valence-corrected chi connectivity index (χ1v) is 11.5. The highest BCUT2D eigenvalue weighted by atomic mass is 19.1. The SMILES string of the molecule is COc1c(F)cccc1Nc1c2[nH]c3c1C(=O)NCC3CCNC(=O)CCCOc1cnccc1-2. The summed E-state index contributed by atoms with van der Waals surface area (Å²) in [5.41, 5.74) is 3.37. The number of carbonyl (C=O) groups excluding carboxylic acids is 2. The number of nitrogens with zero attached hydrogens (tertiary/aromatic N) is 1. The molecule has 2 aliphatic rings. The molecule has 0 aliphatic carbocycles. The van der Waals surface area contributed by atoms with Crippen LogP contribution in [0.4, 0.5) is 15.8 Å². The molecule has 35 heavy (non-hydrogen) atoms. The van der Waals surface area contributed by atoms with E-state index in [1.807, 2.05) is 0 Å². The van der Waals surface area contributed by atoms with Gasteiger partial charge in [0.2, 0.25) is 5.91 Å². The lowest BCUT2D eigenvalue weighted by atomic mass is 9.93. The second-order valence-electron chi connectivity index (χ2n) is 8.48. The Bertz CT molecular complexity index is 1270. The van der Waals surface area contributed by atoms with Gasteiger partial charge in [-0.2, -0.15) is 0 Å². The minimum absolute atomic E-state index is 0.0372. The summed E-state index contributed by atoms with van der Waals surface area (Å²) in [5.74, 6) is -0.309. The van der Waals surface area contributed by atoms with E-state index in [1.165, 1.54) is 13.2 Å². The molecule has 5 rings (SSSR count). The number of aromatic nitrogens is 2. The van der Waals surface area contributed by atoms with Crippen molar-refractivity contribution < 1.29 is 23.5 Å². The highest BCUT2D eigenvalue weighted by Gasteiger charge is 2.33. The molecule has 2 amide bonds. The van der Waals surface area contributed by atoms with Gasteiger partial charge in [-0.3, -0.25) is 14.6 Å². The van der Waals surface area contributed by atoms with E-state index in [-0.39, 0.29) is 23.5 Å². The number of fused-ring (bicyclic) bond motifs is 3. The number of methoxy groups -OCH3 is 1. The van der Waals surface area contributed by atoms with Crippen molar-refractivity contribution in [3.8, 4) is 22.8 Å². The summed E-state index contributed by atoms with van der Waals surface area (Å²) < 4.78 is 25.7. The maximum Gasteiger partial charge on any atom is 0.255 e. The molecule has 1 atom stereocenters. The number of nitrogens with one attached hydrogen (secondary N) is 4. The van der Waals surface area contributed by atoms with Crippen LogP contribution >= 0.6 is 0 Å². The quantitative estimate of drug-likeness (QED) is 0.457. The Morgan fingerprint density at radius 1 is 1.23 bits per heavy atom. The van der Waals surface area contributed by atoms with Crippen LogP contribution in [0.5, 0.6) is 11.5 Å². The molecule has 0 saturated heterocycles. The van der Waals surface area contributed by atoms with Crippen molar-refractivity contribution in [3.05, 3.63) is 53.7 Å². The van der Waals surface area contributed by atoms with Crippen LogP contribution in [0.15, 0.2) is 36.7 Å². The van der Waals surface area contributed by atoms with Gasteiger partial charge in [-0.25, -0.2) is 4.39 Å². The van der Waals surface area contributed by atoms with Crippen molar-refractivity contribution in [2.75, 3.05) is 32.1 Å². The van der Waals surface area contributed by atoms with Crippen molar-refractivity contribution in [2.24, 2.45) is 0 Å². The van der Waals surface area contributed by atoms with Crippen LogP contribution < -0.4 is 25.4 Å². The maximum atomic E-state index is 14.4. The number of aromatic amines is 1. The molecule has 0 fully saturated rings. The highest BCUT2D eigenvalue weighted by Crippen LogP contribution is 2.44. The second-order valence-corrected chi connectivity index (χ2v) is 8.48. The van der Waals surface area contributed by atoms with Gasteiger partial charge in [0, 0.05) is 42.9 Å². The zero-order valence-electron chi connectivity index (χ0n) is 19.2. The summed E-state index contributed by atoms with van der Waals surface area (Å²) in [6.45, 7) is 1.25. The number of hydrogen-bond acceptors (Lipinski definition) is 6. The van der Waals surface area contributed by atoms with Crippen molar-refractivity contribution in [1.29, 1.82) is 0 Å². The molecule has 4 heterocycles. The van der Waals surface area contributed by atoms with Gasteiger partial charge in [0.05, 0.1) is 42.5 Å². The van der Waals surface area contributed by atoms with Crippen LogP contribution in [-0.2, 0) is 4.79 Å². The molecular weight excluding hydrogens is 453 g/mol. The summed E-state index contributed by atoms with van der Waals surface area (Å²) in [4.78, 5) is 32.9. The molecule has 10 heteroatoms. The van der Waals surface area contributed by atoms with Crippen molar-refractivity contribution in [2.45, 2.75) is 25.2 Å². The third-order valence-corrected chi connectivity index (χ3v) is 6.28. The predicted octanol–water partition coefficient (Wildman–Crippen LogP) is 3.47. The topological polar surface area (TPSA) is 117 Å². The summed E-state index contributed by atoms with van der Waals surface area (Å²) >= 11 is 0. The van der Waals surface area contributed by atoms with Crippen LogP contribution in [0, 0.1) is 5.82 Å². The minimum Gasteiger partial charge on any atom is -0.492 e. The molecule has 1 unspecified atom stereocenters. The summed E-state index contributed by atoms with van der Waals surface area (Å²) in [6.07, 6.45) is 4.80. The van der Waals surface area contributed by atoms with E-state index in [2.05, 4.69) is 25.9 Å². The lowest BCUT2D eigenvalue weighted by molar-refractivity contribution is -0.121. The summed E-state index contributed by atoms with van der Waals surface area (Å²) in [7, 11) is 1.39. The van der Waals surface area contributed by atoms with Crippen LogP contribution in [0.2, 0.25) is 0 Å². The zero-order chi connectivity index (χ0) is 24.4. The van der Waals surface area contributed by atoms with E-state index < -0.39 is 5.82 Å². The number of para-hydroxylation sites is 1. The van der Waals surface area contributed by atoms with Gasteiger partial charge in [-0.1, -0.05) is 6.07 Å². The Balaban J connectivity index is 1.69. The van der Waals surface area contributed by atoms with Crippen molar-refractivity contribution >= 4 is 23.2 Å². The van der Waals surface area contributed by atoms with E-state index in [9.17, 15) is 14.0 Å². The first-order chi connectivity index (χ1) is 17.1. The number of rotatable bonds is 3. The van der Waals surface area contributed by atoms with E-state index in [0.717, 1.165) is 5.69 Å². The first-order valence-electron chi connectivity index (χ1n) is 11.5. The molecule has 2 aromatic heterocycles.